The van der Waals surface area contributed by atoms with Crippen LogP contribution in [0.15, 0.2) is 18.2 Å². The molecule has 0 spiro atoms. The number of hydrogen-bond donors (Lipinski definition) is 3. The Morgan fingerprint density at radius 3 is 2.73 bits per heavy atom. The van der Waals surface area contributed by atoms with Gasteiger partial charge in [-0.1, -0.05) is 12.1 Å². The van der Waals surface area contributed by atoms with Crippen molar-refractivity contribution in [1.82, 2.24) is 0 Å². The Morgan fingerprint density at radius 2 is 2.20 bits per heavy atom. The Kier molecular flexibility index (Phi) is 3.68. The molecule has 1 unspecified atom stereocenters. The number of phenols is 1. The average Bonchev–Trinajstić information content (AvgIpc) is 2.18. The average molecular weight is 209 g/mol. The van der Waals surface area contributed by atoms with Crippen LogP contribution in [0.3, 0.4) is 0 Å². The molecule has 0 bridgehead atoms. The lowest BCUT2D eigenvalue weighted by molar-refractivity contribution is -0.137. The zero-order chi connectivity index (χ0) is 11.4. The highest BCUT2D eigenvalue weighted by Crippen LogP contribution is 2.22. The first-order valence-electron chi connectivity index (χ1n) is 4.77. The van der Waals surface area contributed by atoms with E-state index in [1.54, 1.807) is 25.1 Å². The van der Waals surface area contributed by atoms with Gasteiger partial charge in [0.2, 0.25) is 0 Å². The highest BCUT2D eigenvalue weighted by atomic mass is 16.4. The van der Waals surface area contributed by atoms with Crippen LogP contribution in [0, 0.1) is 6.92 Å². The lowest BCUT2D eigenvalue weighted by Gasteiger charge is -2.11. The van der Waals surface area contributed by atoms with Gasteiger partial charge >= 0.3 is 5.97 Å². The summed E-state index contributed by atoms with van der Waals surface area (Å²) in [5.41, 5.74) is 7.42. The summed E-state index contributed by atoms with van der Waals surface area (Å²) in [6, 6.07) is 4.78. The zero-order valence-electron chi connectivity index (χ0n) is 8.60. The fourth-order valence-electron chi connectivity index (χ4n) is 1.35. The van der Waals surface area contributed by atoms with Crippen LogP contribution in [0.25, 0.3) is 0 Å². The Hall–Kier alpha value is -1.55. The first-order chi connectivity index (χ1) is 7.00. The van der Waals surface area contributed by atoms with E-state index < -0.39 is 5.97 Å². The lowest BCUT2D eigenvalue weighted by atomic mass is 10.0. The van der Waals surface area contributed by atoms with Crippen LogP contribution in [0.2, 0.25) is 0 Å². The van der Waals surface area contributed by atoms with E-state index in [4.69, 9.17) is 10.8 Å². The van der Waals surface area contributed by atoms with Crippen LogP contribution in [0.5, 0.6) is 5.75 Å². The fraction of sp³-hybridized carbons (Fsp3) is 0.364. The van der Waals surface area contributed by atoms with Crippen LogP contribution in [0.4, 0.5) is 0 Å². The molecule has 4 heteroatoms. The second kappa shape index (κ2) is 4.79. The van der Waals surface area contributed by atoms with E-state index in [0.717, 1.165) is 11.1 Å². The van der Waals surface area contributed by atoms with Gasteiger partial charge in [0, 0.05) is 12.5 Å². The molecule has 0 heterocycles. The summed E-state index contributed by atoms with van der Waals surface area (Å²) in [5.74, 6) is -0.620. The topological polar surface area (TPSA) is 83.6 Å². The monoisotopic (exact) mass is 209 g/mol. The summed E-state index contributed by atoms with van der Waals surface area (Å²) >= 11 is 0. The summed E-state index contributed by atoms with van der Waals surface area (Å²) in [4.78, 5) is 10.4. The number of aromatic hydroxyl groups is 1. The standard InChI is InChI=1S/C11H15NO3/c1-7-6-8(2-4-10(7)13)9(12)3-5-11(14)15/h2,4,6,9,13H,3,5,12H2,1H3,(H,14,15). The number of hydrogen-bond acceptors (Lipinski definition) is 3. The molecule has 1 atom stereocenters. The summed E-state index contributed by atoms with van der Waals surface area (Å²) in [6.45, 7) is 1.78. The number of benzene rings is 1. The van der Waals surface area contributed by atoms with Crippen LogP contribution < -0.4 is 5.73 Å². The van der Waals surface area contributed by atoms with Crippen molar-refractivity contribution in [1.29, 1.82) is 0 Å². The number of aryl methyl sites for hydroxylation is 1. The van der Waals surface area contributed by atoms with Gasteiger partial charge in [0.25, 0.3) is 0 Å². The predicted octanol–water partition coefficient (Wildman–Crippen LogP) is 1.57. The molecule has 0 saturated carbocycles. The number of rotatable bonds is 4. The van der Waals surface area contributed by atoms with Gasteiger partial charge in [-0.3, -0.25) is 4.79 Å². The second-order valence-electron chi connectivity index (χ2n) is 3.58. The molecule has 0 saturated heterocycles. The van der Waals surface area contributed by atoms with Crippen LogP contribution in [-0.2, 0) is 4.79 Å². The van der Waals surface area contributed by atoms with E-state index >= 15 is 0 Å². The molecule has 1 rings (SSSR count). The Labute approximate surface area is 88.3 Å². The molecule has 15 heavy (non-hydrogen) atoms. The lowest BCUT2D eigenvalue weighted by Crippen LogP contribution is -2.12. The molecule has 0 aliphatic carbocycles. The molecule has 4 nitrogen and oxygen atoms in total. The summed E-state index contributed by atoms with van der Waals surface area (Å²) in [6.07, 6.45) is 0.459. The zero-order valence-corrected chi connectivity index (χ0v) is 8.60. The van der Waals surface area contributed by atoms with Gasteiger partial charge in [-0.05, 0) is 30.5 Å². The maximum Gasteiger partial charge on any atom is 0.303 e. The molecule has 0 fully saturated rings. The van der Waals surface area contributed by atoms with Crippen LogP contribution >= 0.6 is 0 Å². The number of phenolic OH excluding ortho intramolecular Hbond substituents is 1. The molecule has 0 amide bonds. The number of carboxylic acids is 1. The number of aliphatic carboxylic acids is 1. The van der Waals surface area contributed by atoms with Crippen molar-refractivity contribution >= 4 is 5.97 Å². The Bertz CT molecular complexity index is 363. The van der Waals surface area contributed by atoms with Crippen molar-refractivity contribution in [2.75, 3.05) is 0 Å². The van der Waals surface area contributed by atoms with Crippen molar-refractivity contribution in [3.63, 3.8) is 0 Å². The molecule has 82 valence electrons. The van der Waals surface area contributed by atoms with Crippen molar-refractivity contribution in [3.05, 3.63) is 29.3 Å². The number of nitrogens with two attached hydrogens (primary N) is 1. The molecule has 0 aliphatic rings. The fourth-order valence-corrected chi connectivity index (χ4v) is 1.35. The Balaban J connectivity index is 2.69. The van der Waals surface area contributed by atoms with Gasteiger partial charge < -0.3 is 15.9 Å². The maximum absolute atomic E-state index is 10.4. The minimum atomic E-state index is -0.846. The highest BCUT2D eigenvalue weighted by Gasteiger charge is 2.09. The van der Waals surface area contributed by atoms with E-state index in [1.807, 2.05) is 0 Å². The van der Waals surface area contributed by atoms with E-state index in [9.17, 15) is 9.90 Å². The van der Waals surface area contributed by atoms with Crippen molar-refractivity contribution in [2.45, 2.75) is 25.8 Å². The highest BCUT2D eigenvalue weighted by molar-refractivity contribution is 5.66. The molecular formula is C11H15NO3. The van der Waals surface area contributed by atoms with Gasteiger partial charge in [-0.25, -0.2) is 0 Å². The van der Waals surface area contributed by atoms with Gasteiger partial charge in [0.05, 0.1) is 0 Å². The van der Waals surface area contributed by atoms with Crippen LogP contribution in [0.1, 0.15) is 30.0 Å². The molecule has 1 aromatic rings. The summed E-state index contributed by atoms with van der Waals surface area (Å²) < 4.78 is 0. The van der Waals surface area contributed by atoms with Crippen molar-refractivity contribution in [2.24, 2.45) is 5.73 Å². The third-order valence-electron chi connectivity index (χ3n) is 2.32. The number of carbonyl (C=O) groups is 1. The van der Waals surface area contributed by atoms with Crippen molar-refractivity contribution in [3.8, 4) is 5.75 Å². The summed E-state index contributed by atoms with van der Waals surface area (Å²) in [5, 5.41) is 17.8. The summed E-state index contributed by atoms with van der Waals surface area (Å²) in [7, 11) is 0. The van der Waals surface area contributed by atoms with Gasteiger partial charge in [-0.2, -0.15) is 0 Å². The molecule has 1 aromatic carbocycles. The molecule has 0 radical (unpaired) electrons. The normalized spacial score (nSPS) is 12.4. The smallest absolute Gasteiger partial charge is 0.303 e. The molecule has 4 N–H and O–H groups in total. The number of carboxylic acid groups (broad SMARTS) is 1. The second-order valence-corrected chi connectivity index (χ2v) is 3.58. The maximum atomic E-state index is 10.4. The SMILES string of the molecule is Cc1cc(C(N)CCC(=O)O)ccc1O. The third kappa shape index (κ3) is 3.25. The molecule has 0 aliphatic heterocycles. The van der Waals surface area contributed by atoms with Crippen LogP contribution in [-0.4, -0.2) is 16.2 Å². The van der Waals surface area contributed by atoms with E-state index in [-0.39, 0.29) is 18.2 Å². The van der Waals surface area contributed by atoms with E-state index in [0.29, 0.717) is 6.42 Å². The molecular weight excluding hydrogens is 194 g/mol. The first kappa shape index (κ1) is 11.5. The van der Waals surface area contributed by atoms with Gasteiger partial charge in [0.15, 0.2) is 0 Å². The van der Waals surface area contributed by atoms with Gasteiger partial charge in [-0.15, -0.1) is 0 Å². The van der Waals surface area contributed by atoms with E-state index in [1.165, 1.54) is 0 Å². The van der Waals surface area contributed by atoms with Crippen molar-refractivity contribution < 1.29 is 15.0 Å². The predicted molar refractivity (Wildman–Crippen MR) is 56.6 cm³/mol. The minimum absolute atomic E-state index is 0.0566. The Morgan fingerprint density at radius 1 is 1.53 bits per heavy atom. The first-order valence-corrected chi connectivity index (χ1v) is 4.77. The quantitative estimate of drug-likeness (QED) is 0.702. The third-order valence-corrected chi connectivity index (χ3v) is 2.32. The molecule has 0 aromatic heterocycles. The van der Waals surface area contributed by atoms with E-state index in [2.05, 4.69) is 0 Å². The van der Waals surface area contributed by atoms with Gasteiger partial charge in [0.1, 0.15) is 5.75 Å². The largest absolute Gasteiger partial charge is 0.508 e. The minimum Gasteiger partial charge on any atom is -0.508 e.